The number of hydrogen-bond donors (Lipinski definition) is 2. The molecule has 0 radical (unpaired) electrons. The Hall–Kier alpha value is -0.770. The molecular weight excluding hydrogens is 236 g/mol. The summed E-state index contributed by atoms with van der Waals surface area (Å²) in [4.78, 5) is 2.27. The van der Waals surface area contributed by atoms with Crippen LogP contribution >= 0.6 is 11.6 Å². The average molecular weight is 257 g/mol. The fraction of sp³-hybridized carbons (Fsp3) is 0.538. The van der Waals surface area contributed by atoms with E-state index in [9.17, 15) is 0 Å². The molecule has 17 heavy (non-hydrogen) atoms. The van der Waals surface area contributed by atoms with Crippen molar-refractivity contribution in [2.75, 3.05) is 18.9 Å². The van der Waals surface area contributed by atoms with Crippen molar-refractivity contribution in [2.24, 2.45) is 0 Å². The monoisotopic (exact) mass is 256 g/mol. The van der Waals surface area contributed by atoms with Gasteiger partial charge in [-0.2, -0.15) is 0 Å². The maximum absolute atomic E-state index is 8.89. The van der Waals surface area contributed by atoms with Gasteiger partial charge in [0.2, 0.25) is 0 Å². The smallest absolute Gasteiger partial charge is 0.0452 e. The second-order valence-corrected chi connectivity index (χ2v) is 4.90. The molecule has 0 heterocycles. The van der Waals surface area contributed by atoms with Gasteiger partial charge >= 0.3 is 0 Å². The Morgan fingerprint density at radius 3 is 2.71 bits per heavy atom. The molecule has 0 aromatic heterocycles. The Morgan fingerprint density at radius 1 is 1.41 bits per heavy atom. The first-order valence-corrected chi connectivity index (χ1v) is 6.31. The lowest BCUT2D eigenvalue weighted by Gasteiger charge is -2.26. The zero-order valence-corrected chi connectivity index (χ0v) is 11.2. The number of nitrogen functional groups attached to an aromatic ring is 1. The highest BCUT2D eigenvalue weighted by Crippen LogP contribution is 2.21. The van der Waals surface area contributed by atoms with E-state index in [-0.39, 0.29) is 6.61 Å². The highest BCUT2D eigenvalue weighted by Gasteiger charge is 2.11. The molecule has 0 saturated carbocycles. The third kappa shape index (κ3) is 4.54. The molecule has 0 aliphatic heterocycles. The van der Waals surface area contributed by atoms with Crippen molar-refractivity contribution in [1.29, 1.82) is 0 Å². The summed E-state index contributed by atoms with van der Waals surface area (Å²) in [5.74, 6) is 0. The van der Waals surface area contributed by atoms with Crippen LogP contribution in [0, 0.1) is 0 Å². The van der Waals surface area contributed by atoms with Crippen molar-refractivity contribution in [3.05, 3.63) is 28.8 Å². The highest BCUT2D eigenvalue weighted by atomic mass is 35.5. The van der Waals surface area contributed by atoms with Crippen LogP contribution in [0.1, 0.15) is 25.8 Å². The molecule has 3 N–H and O–H groups in total. The fourth-order valence-corrected chi connectivity index (χ4v) is 1.91. The molecule has 0 unspecified atom stereocenters. The molecule has 0 bridgehead atoms. The van der Waals surface area contributed by atoms with Crippen LogP contribution in [0.15, 0.2) is 18.2 Å². The van der Waals surface area contributed by atoms with E-state index < -0.39 is 0 Å². The lowest BCUT2D eigenvalue weighted by Crippen LogP contribution is -2.31. The second-order valence-electron chi connectivity index (χ2n) is 4.49. The van der Waals surface area contributed by atoms with Crippen molar-refractivity contribution in [1.82, 2.24) is 4.90 Å². The maximum atomic E-state index is 8.89. The second kappa shape index (κ2) is 6.84. The standard InChI is InChI=1S/C13H21ClN2O/c1-10(2)16(6-3-7-17)9-11-8-12(15)4-5-13(11)14/h4-5,8,10,17H,3,6-7,9,15H2,1-2H3. The number of nitrogens with zero attached hydrogens (tertiary/aromatic N) is 1. The molecule has 3 nitrogen and oxygen atoms in total. The van der Waals surface area contributed by atoms with Crippen LogP contribution in [0.2, 0.25) is 5.02 Å². The number of rotatable bonds is 6. The average Bonchev–Trinajstić information content (AvgIpc) is 2.28. The number of hydrogen-bond acceptors (Lipinski definition) is 3. The van der Waals surface area contributed by atoms with E-state index >= 15 is 0 Å². The van der Waals surface area contributed by atoms with Gasteiger partial charge in [0.15, 0.2) is 0 Å². The predicted octanol–water partition coefficient (Wildman–Crippen LogP) is 2.52. The normalized spacial score (nSPS) is 11.4. The maximum Gasteiger partial charge on any atom is 0.0452 e. The minimum atomic E-state index is 0.216. The molecule has 0 aliphatic rings. The quantitative estimate of drug-likeness (QED) is 0.769. The van der Waals surface area contributed by atoms with Crippen molar-refractivity contribution in [3.63, 3.8) is 0 Å². The molecule has 1 rings (SSSR count). The largest absolute Gasteiger partial charge is 0.399 e. The van der Waals surface area contributed by atoms with Crippen molar-refractivity contribution >= 4 is 17.3 Å². The molecule has 0 amide bonds. The number of nitrogens with two attached hydrogens (primary N) is 1. The number of anilines is 1. The van der Waals surface area contributed by atoms with Gasteiger partial charge in [-0.05, 0) is 44.0 Å². The zero-order valence-electron chi connectivity index (χ0n) is 10.5. The van der Waals surface area contributed by atoms with Gasteiger partial charge in [-0.1, -0.05) is 11.6 Å². The summed E-state index contributed by atoms with van der Waals surface area (Å²) in [6.07, 6.45) is 0.776. The van der Waals surface area contributed by atoms with Gasteiger partial charge in [0, 0.05) is 36.4 Å². The van der Waals surface area contributed by atoms with E-state index in [0.29, 0.717) is 6.04 Å². The van der Waals surface area contributed by atoms with Gasteiger partial charge in [-0.3, -0.25) is 4.90 Å². The van der Waals surface area contributed by atoms with Crippen LogP contribution in [0.5, 0.6) is 0 Å². The van der Waals surface area contributed by atoms with Gasteiger partial charge in [-0.15, -0.1) is 0 Å². The molecule has 4 heteroatoms. The molecule has 0 aliphatic carbocycles. The topological polar surface area (TPSA) is 49.5 Å². The first-order valence-electron chi connectivity index (χ1n) is 5.93. The molecule has 1 aromatic rings. The van der Waals surface area contributed by atoms with Gasteiger partial charge in [-0.25, -0.2) is 0 Å². The van der Waals surface area contributed by atoms with Crippen LogP contribution in [0.3, 0.4) is 0 Å². The summed E-state index contributed by atoms with van der Waals surface area (Å²) in [5.41, 5.74) is 7.53. The van der Waals surface area contributed by atoms with Crippen LogP contribution in [0.25, 0.3) is 0 Å². The molecule has 0 saturated heterocycles. The number of aliphatic hydroxyl groups excluding tert-OH is 1. The summed E-state index contributed by atoms with van der Waals surface area (Å²) < 4.78 is 0. The van der Waals surface area contributed by atoms with Crippen molar-refractivity contribution in [3.8, 4) is 0 Å². The fourth-order valence-electron chi connectivity index (χ4n) is 1.73. The van der Waals surface area contributed by atoms with E-state index in [4.69, 9.17) is 22.4 Å². The Bertz CT molecular complexity index is 355. The molecule has 0 fully saturated rings. The summed E-state index contributed by atoms with van der Waals surface area (Å²) in [5, 5.41) is 9.63. The summed E-state index contributed by atoms with van der Waals surface area (Å²) >= 11 is 6.15. The van der Waals surface area contributed by atoms with Crippen LogP contribution in [0.4, 0.5) is 5.69 Å². The summed E-state index contributed by atoms with van der Waals surface area (Å²) in [6.45, 7) is 6.11. The Kier molecular flexibility index (Phi) is 5.75. The first-order chi connectivity index (χ1) is 8.04. The van der Waals surface area contributed by atoms with Gasteiger partial charge < -0.3 is 10.8 Å². The van der Waals surface area contributed by atoms with E-state index in [1.165, 1.54) is 0 Å². The lowest BCUT2D eigenvalue weighted by atomic mass is 10.1. The van der Waals surface area contributed by atoms with E-state index in [1.54, 1.807) is 6.07 Å². The van der Waals surface area contributed by atoms with Crippen molar-refractivity contribution in [2.45, 2.75) is 32.9 Å². The molecule has 1 aromatic carbocycles. The number of benzene rings is 1. The van der Waals surface area contributed by atoms with Gasteiger partial charge in [0.25, 0.3) is 0 Å². The van der Waals surface area contributed by atoms with Crippen LogP contribution in [-0.2, 0) is 6.54 Å². The first kappa shape index (κ1) is 14.3. The lowest BCUT2D eigenvalue weighted by molar-refractivity contribution is 0.185. The Morgan fingerprint density at radius 2 is 2.12 bits per heavy atom. The van der Waals surface area contributed by atoms with Gasteiger partial charge in [0.1, 0.15) is 0 Å². The van der Waals surface area contributed by atoms with Crippen LogP contribution < -0.4 is 5.73 Å². The zero-order chi connectivity index (χ0) is 12.8. The van der Waals surface area contributed by atoms with Crippen LogP contribution in [-0.4, -0.2) is 29.2 Å². The third-order valence-electron chi connectivity index (χ3n) is 2.78. The molecule has 0 spiro atoms. The SMILES string of the molecule is CC(C)N(CCCO)Cc1cc(N)ccc1Cl. The van der Waals surface area contributed by atoms with Crippen molar-refractivity contribution < 1.29 is 5.11 Å². The molecular formula is C13H21ClN2O. The Balaban J connectivity index is 2.74. The number of halogens is 1. The predicted molar refractivity (Wildman–Crippen MR) is 73.1 cm³/mol. The number of aliphatic hydroxyl groups is 1. The Labute approximate surface area is 108 Å². The van der Waals surface area contributed by atoms with E-state index in [2.05, 4.69) is 18.7 Å². The summed E-state index contributed by atoms with van der Waals surface area (Å²) in [7, 11) is 0. The third-order valence-corrected chi connectivity index (χ3v) is 3.15. The molecule has 0 atom stereocenters. The van der Waals surface area contributed by atoms with E-state index in [0.717, 1.165) is 35.8 Å². The minimum Gasteiger partial charge on any atom is -0.399 e. The van der Waals surface area contributed by atoms with E-state index in [1.807, 2.05) is 12.1 Å². The van der Waals surface area contributed by atoms with Gasteiger partial charge in [0.05, 0.1) is 0 Å². The molecule has 96 valence electrons. The minimum absolute atomic E-state index is 0.216. The summed E-state index contributed by atoms with van der Waals surface area (Å²) in [6, 6.07) is 5.96. The highest BCUT2D eigenvalue weighted by molar-refractivity contribution is 6.31.